The maximum atomic E-state index is 12.1. The normalized spacial score (nSPS) is 10.3. The number of nitrogens with one attached hydrogen (secondary N) is 1. The number of ether oxygens (including phenoxy) is 3. The van der Waals surface area contributed by atoms with E-state index in [1.807, 2.05) is 0 Å². The average molecular weight is 397 g/mol. The van der Waals surface area contributed by atoms with E-state index >= 15 is 0 Å². The number of methoxy groups -OCH3 is 2. The summed E-state index contributed by atoms with van der Waals surface area (Å²) in [6, 6.07) is 11.8. The minimum absolute atomic E-state index is 0.261. The summed E-state index contributed by atoms with van der Waals surface area (Å²) < 4.78 is 16.9. The van der Waals surface area contributed by atoms with Gasteiger partial charge in [-0.15, -0.1) is 5.10 Å². The Morgan fingerprint density at radius 1 is 1.03 bits per heavy atom. The molecular weight excluding hydrogens is 378 g/mol. The molecule has 0 saturated heterocycles. The zero-order valence-electron chi connectivity index (χ0n) is 15.9. The van der Waals surface area contributed by atoms with Crippen LogP contribution in [-0.4, -0.2) is 52.9 Å². The summed E-state index contributed by atoms with van der Waals surface area (Å²) in [5.41, 5.74) is 1.83. The number of hydrogen-bond donors (Lipinski definition) is 1. The Kier molecular flexibility index (Phi) is 6.36. The van der Waals surface area contributed by atoms with Crippen LogP contribution in [0.5, 0.6) is 11.5 Å². The van der Waals surface area contributed by atoms with Crippen LogP contribution in [0.25, 0.3) is 5.69 Å². The second-order valence-electron chi connectivity index (χ2n) is 5.84. The van der Waals surface area contributed by atoms with Gasteiger partial charge in [0.25, 0.3) is 5.91 Å². The molecule has 1 aromatic heterocycles. The topological polar surface area (TPSA) is 117 Å². The molecule has 0 aliphatic rings. The number of tetrazole rings is 1. The van der Waals surface area contributed by atoms with Gasteiger partial charge in [-0.25, -0.2) is 9.48 Å². The molecule has 0 aliphatic heterocycles. The van der Waals surface area contributed by atoms with Gasteiger partial charge in [0, 0.05) is 6.54 Å². The van der Waals surface area contributed by atoms with E-state index in [0.717, 1.165) is 5.56 Å². The SMILES string of the molecule is COc1ccc(CNC(=O)COC(=O)c2ccc(-n3cnnn3)cc2)cc1OC. The smallest absolute Gasteiger partial charge is 0.338 e. The van der Waals surface area contributed by atoms with Gasteiger partial charge in [0.1, 0.15) is 6.33 Å². The summed E-state index contributed by atoms with van der Waals surface area (Å²) >= 11 is 0. The number of esters is 1. The highest BCUT2D eigenvalue weighted by Crippen LogP contribution is 2.27. The lowest BCUT2D eigenvalue weighted by Crippen LogP contribution is -2.28. The van der Waals surface area contributed by atoms with Crippen LogP contribution >= 0.6 is 0 Å². The van der Waals surface area contributed by atoms with Crippen LogP contribution in [0, 0.1) is 0 Å². The fourth-order valence-electron chi connectivity index (χ4n) is 2.49. The van der Waals surface area contributed by atoms with Gasteiger partial charge in [-0.3, -0.25) is 4.79 Å². The van der Waals surface area contributed by atoms with Gasteiger partial charge >= 0.3 is 5.97 Å². The first-order chi connectivity index (χ1) is 14.1. The molecule has 0 radical (unpaired) electrons. The Morgan fingerprint density at radius 2 is 1.79 bits per heavy atom. The van der Waals surface area contributed by atoms with E-state index in [9.17, 15) is 9.59 Å². The Bertz CT molecular complexity index is 973. The quantitative estimate of drug-likeness (QED) is 0.563. The summed E-state index contributed by atoms with van der Waals surface area (Å²) in [5, 5.41) is 13.5. The number of carbonyl (C=O) groups excluding carboxylic acids is 2. The fourth-order valence-corrected chi connectivity index (χ4v) is 2.49. The molecular formula is C19H19N5O5. The van der Waals surface area contributed by atoms with Crippen molar-refractivity contribution in [3.05, 3.63) is 59.9 Å². The molecule has 3 rings (SSSR count). The Morgan fingerprint density at radius 3 is 2.45 bits per heavy atom. The molecule has 0 bridgehead atoms. The van der Waals surface area contributed by atoms with Crippen molar-refractivity contribution in [3.8, 4) is 17.2 Å². The number of rotatable bonds is 8. The second kappa shape index (κ2) is 9.31. The molecule has 0 aliphatic carbocycles. The van der Waals surface area contributed by atoms with Gasteiger partial charge in [-0.2, -0.15) is 0 Å². The van der Waals surface area contributed by atoms with Crippen molar-refractivity contribution in [2.45, 2.75) is 6.54 Å². The summed E-state index contributed by atoms with van der Waals surface area (Å²) in [6.07, 6.45) is 1.44. The predicted molar refractivity (Wildman–Crippen MR) is 101 cm³/mol. The largest absolute Gasteiger partial charge is 0.493 e. The van der Waals surface area contributed by atoms with E-state index in [-0.39, 0.29) is 13.2 Å². The van der Waals surface area contributed by atoms with Crippen LogP contribution in [0.4, 0.5) is 0 Å². The average Bonchev–Trinajstić information content (AvgIpc) is 3.30. The minimum Gasteiger partial charge on any atom is -0.493 e. The Labute approximate surface area is 166 Å². The molecule has 0 spiro atoms. The third kappa shape index (κ3) is 5.06. The van der Waals surface area contributed by atoms with Crippen molar-refractivity contribution in [2.75, 3.05) is 20.8 Å². The summed E-state index contributed by atoms with van der Waals surface area (Å²) in [4.78, 5) is 24.1. The van der Waals surface area contributed by atoms with Crippen LogP contribution in [-0.2, 0) is 16.1 Å². The molecule has 2 aromatic carbocycles. The molecule has 3 aromatic rings. The van der Waals surface area contributed by atoms with E-state index in [4.69, 9.17) is 14.2 Å². The number of hydrogen-bond acceptors (Lipinski definition) is 8. The van der Waals surface area contributed by atoms with Crippen molar-refractivity contribution in [3.63, 3.8) is 0 Å². The van der Waals surface area contributed by atoms with Crippen molar-refractivity contribution < 1.29 is 23.8 Å². The maximum Gasteiger partial charge on any atom is 0.338 e. The highest BCUT2D eigenvalue weighted by Gasteiger charge is 2.11. The van der Waals surface area contributed by atoms with Crippen molar-refractivity contribution in [2.24, 2.45) is 0 Å². The number of amides is 1. The van der Waals surface area contributed by atoms with Crippen molar-refractivity contribution in [1.82, 2.24) is 25.5 Å². The fraction of sp³-hybridized carbons (Fsp3) is 0.211. The summed E-state index contributed by atoms with van der Waals surface area (Å²) in [5.74, 6) is 0.145. The number of benzene rings is 2. The third-order valence-corrected chi connectivity index (χ3v) is 3.99. The first kappa shape index (κ1) is 19.8. The van der Waals surface area contributed by atoms with Gasteiger partial charge in [-0.05, 0) is 52.4 Å². The van der Waals surface area contributed by atoms with E-state index in [1.54, 1.807) is 49.6 Å². The van der Waals surface area contributed by atoms with Gasteiger partial charge < -0.3 is 19.5 Å². The number of carbonyl (C=O) groups is 2. The Balaban J connectivity index is 1.48. The molecule has 1 heterocycles. The molecule has 0 unspecified atom stereocenters. The molecule has 10 nitrogen and oxygen atoms in total. The number of aromatic nitrogens is 4. The summed E-state index contributed by atoms with van der Waals surface area (Å²) in [6.45, 7) is -0.127. The maximum absolute atomic E-state index is 12.1. The standard InChI is InChI=1S/C19H19N5O5/c1-27-16-8-3-13(9-17(16)28-2)10-20-18(25)11-29-19(26)14-4-6-15(7-5-14)24-12-21-22-23-24/h3-9,12H,10-11H2,1-2H3,(H,20,25). The monoisotopic (exact) mass is 397 g/mol. The summed E-state index contributed by atoms with van der Waals surface area (Å²) in [7, 11) is 3.09. The molecule has 0 saturated carbocycles. The molecule has 1 N–H and O–H groups in total. The molecule has 150 valence electrons. The molecule has 0 fully saturated rings. The highest BCUT2D eigenvalue weighted by atomic mass is 16.5. The van der Waals surface area contributed by atoms with Crippen LogP contribution in [0.3, 0.4) is 0 Å². The van der Waals surface area contributed by atoms with E-state index < -0.39 is 11.9 Å². The van der Waals surface area contributed by atoms with Crippen molar-refractivity contribution in [1.29, 1.82) is 0 Å². The van der Waals surface area contributed by atoms with Crippen LogP contribution < -0.4 is 14.8 Å². The minimum atomic E-state index is -0.602. The van der Waals surface area contributed by atoms with Gasteiger partial charge in [0.15, 0.2) is 18.1 Å². The number of nitrogens with zero attached hydrogens (tertiary/aromatic N) is 4. The lowest BCUT2D eigenvalue weighted by molar-refractivity contribution is -0.124. The molecule has 1 amide bonds. The molecule has 29 heavy (non-hydrogen) atoms. The van der Waals surface area contributed by atoms with Crippen LogP contribution in [0.1, 0.15) is 15.9 Å². The first-order valence-corrected chi connectivity index (χ1v) is 8.59. The van der Waals surface area contributed by atoms with Gasteiger partial charge in [0.05, 0.1) is 25.5 Å². The first-order valence-electron chi connectivity index (χ1n) is 8.59. The van der Waals surface area contributed by atoms with E-state index in [0.29, 0.717) is 22.7 Å². The zero-order valence-corrected chi connectivity index (χ0v) is 15.9. The molecule has 10 heteroatoms. The van der Waals surface area contributed by atoms with Crippen LogP contribution in [0.2, 0.25) is 0 Å². The lowest BCUT2D eigenvalue weighted by atomic mass is 10.2. The lowest BCUT2D eigenvalue weighted by Gasteiger charge is -2.10. The highest BCUT2D eigenvalue weighted by molar-refractivity contribution is 5.91. The van der Waals surface area contributed by atoms with Gasteiger partial charge in [-0.1, -0.05) is 6.07 Å². The third-order valence-electron chi connectivity index (χ3n) is 3.99. The van der Waals surface area contributed by atoms with Crippen molar-refractivity contribution >= 4 is 11.9 Å². The van der Waals surface area contributed by atoms with E-state index in [2.05, 4.69) is 20.8 Å². The van der Waals surface area contributed by atoms with Crippen LogP contribution in [0.15, 0.2) is 48.8 Å². The Hall–Kier alpha value is -3.95. The molecule has 0 atom stereocenters. The zero-order chi connectivity index (χ0) is 20.6. The predicted octanol–water partition coefficient (Wildman–Crippen LogP) is 1.15. The van der Waals surface area contributed by atoms with E-state index in [1.165, 1.54) is 18.1 Å². The second-order valence-corrected chi connectivity index (χ2v) is 5.84. The van der Waals surface area contributed by atoms with Gasteiger partial charge in [0.2, 0.25) is 0 Å².